The molecule has 2 N–H and O–H groups in total. The second-order valence-corrected chi connectivity index (χ2v) is 7.53. The molecule has 8 nitrogen and oxygen atoms in total. The fourth-order valence-corrected chi connectivity index (χ4v) is 4.06. The Bertz CT molecular complexity index is 574. The first-order chi connectivity index (χ1) is 12.7. The summed E-state index contributed by atoms with van der Waals surface area (Å²) in [6.45, 7) is 6.58. The molecule has 0 unspecified atom stereocenters. The van der Waals surface area contributed by atoms with Gasteiger partial charge in [0.05, 0.1) is 19.8 Å². The van der Waals surface area contributed by atoms with Crippen molar-refractivity contribution in [3.63, 3.8) is 0 Å². The van der Waals surface area contributed by atoms with Crippen LogP contribution in [0, 0.1) is 5.41 Å². The molecule has 26 heavy (non-hydrogen) atoms. The Kier molecular flexibility index (Phi) is 6.85. The number of hydrogen-bond acceptors (Lipinski definition) is 5. The molecule has 0 spiro atoms. The fraction of sp³-hybridized carbons (Fsp3) is 0.833. The molecule has 0 radical (unpaired) electrons. The van der Waals surface area contributed by atoms with Crippen molar-refractivity contribution in [2.45, 2.75) is 38.6 Å². The molecular formula is C18H33N7O. The summed E-state index contributed by atoms with van der Waals surface area (Å²) < 4.78 is 7.29. The van der Waals surface area contributed by atoms with Crippen LogP contribution in [0.4, 0.5) is 0 Å². The summed E-state index contributed by atoms with van der Waals surface area (Å²) in [5.74, 6) is 1.73. The van der Waals surface area contributed by atoms with E-state index >= 15 is 0 Å². The Morgan fingerprint density at radius 1 is 1.23 bits per heavy atom. The number of guanidine groups is 1. The number of nitrogens with zero attached hydrogens (tertiary/aromatic N) is 5. The molecule has 1 saturated heterocycles. The Hall–Kier alpha value is -1.67. The maximum absolute atomic E-state index is 5.51. The van der Waals surface area contributed by atoms with Crippen molar-refractivity contribution in [2.24, 2.45) is 17.5 Å². The lowest BCUT2D eigenvalue weighted by molar-refractivity contribution is 0.00820. The molecule has 2 heterocycles. The van der Waals surface area contributed by atoms with Crippen molar-refractivity contribution < 1.29 is 4.74 Å². The first-order valence-corrected chi connectivity index (χ1v) is 9.78. The first-order valence-electron chi connectivity index (χ1n) is 9.78. The van der Waals surface area contributed by atoms with Crippen LogP contribution in [0.25, 0.3) is 0 Å². The molecule has 1 aliphatic carbocycles. The summed E-state index contributed by atoms with van der Waals surface area (Å²) in [7, 11) is 3.72. The van der Waals surface area contributed by atoms with Gasteiger partial charge in [-0.15, -0.1) is 0 Å². The Morgan fingerprint density at radius 3 is 2.65 bits per heavy atom. The minimum Gasteiger partial charge on any atom is -0.379 e. The van der Waals surface area contributed by atoms with Crippen molar-refractivity contribution in [1.82, 2.24) is 30.3 Å². The second kappa shape index (κ2) is 9.32. The van der Waals surface area contributed by atoms with Crippen molar-refractivity contribution in [2.75, 3.05) is 46.4 Å². The summed E-state index contributed by atoms with van der Waals surface area (Å²) in [6, 6.07) is 0. The zero-order valence-electron chi connectivity index (χ0n) is 16.2. The van der Waals surface area contributed by atoms with Crippen LogP contribution in [0.5, 0.6) is 0 Å². The normalized spacial score (nSPS) is 21.5. The van der Waals surface area contributed by atoms with Gasteiger partial charge in [0.25, 0.3) is 0 Å². The van der Waals surface area contributed by atoms with Gasteiger partial charge in [0.1, 0.15) is 12.2 Å². The maximum Gasteiger partial charge on any atom is 0.191 e. The molecule has 1 saturated carbocycles. The summed E-state index contributed by atoms with van der Waals surface area (Å²) in [5, 5.41) is 11.0. The van der Waals surface area contributed by atoms with Gasteiger partial charge in [0.15, 0.2) is 5.96 Å². The molecular weight excluding hydrogens is 330 g/mol. The van der Waals surface area contributed by atoms with Gasteiger partial charge >= 0.3 is 0 Å². The van der Waals surface area contributed by atoms with E-state index in [1.54, 1.807) is 11.0 Å². The van der Waals surface area contributed by atoms with Crippen LogP contribution in [-0.2, 0) is 18.3 Å². The predicted octanol–water partition coefficient (Wildman–Crippen LogP) is 0.763. The van der Waals surface area contributed by atoms with Crippen LogP contribution in [0.3, 0.4) is 0 Å². The molecule has 2 fully saturated rings. The third-order valence-electron chi connectivity index (χ3n) is 5.65. The number of morpholine rings is 1. The lowest BCUT2D eigenvalue weighted by Crippen LogP contribution is -2.51. The van der Waals surface area contributed by atoms with Gasteiger partial charge in [-0.3, -0.25) is 14.6 Å². The number of aromatic nitrogens is 3. The zero-order chi connectivity index (χ0) is 18.2. The maximum atomic E-state index is 5.51. The molecule has 146 valence electrons. The van der Waals surface area contributed by atoms with E-state index in [1.807, 2.05) is 14.1 Å². The van der Waals surface area contributed by atoms with Gasteiger partial charge in [-0.1, -0.05) is 19.3 Å². The second-order valence-electron chi connectivity index (χ2n) is 7.53. The van der Waals surface area contributed by atoms with E-state index in [0.717, 1.165) is 51.2 Å². The molecule has 2 aliphatic rings. The predicted molar refractivity (Wildman–Crippen MR) is 102 cm³/mol. The lowest BCUT2D eigenvalue weighted by atomic mass is 9.73. The van der Waals surface area contributed by atoms with E-state index in [0.29, 0.717) is 12.0 Å². The van der Waals surface area contributed by atoms with E-state index in [2.05, 4.69) is 30.6 Å². The van der Waals surface area contributed by atoms with Gasteiger partial charge in [0.2, 0.25) is 0 Å². The van der Waals surface area contributed by atoms with Crippen LogP contribution < -0.4 is 10.6 Å². The third kappa shape index (κ3) is 5.17. The Balaban J connectivity index is 1.54. The highest BCUT2D eigenvalue weighted by atomic mass is 16.5. The van der Waals surface area contributed by atoms with Crippen LogP contribution >= 0.6 is 0 Å². The van der Waals surface area contributed by atoms with E-state index < -0.39 is 0 Å². The highest BCUT2D eigenvalue weighted by Crippen LogP contribution is 2.36. The standard InChI is InChI=1S/C18H33N7O/c1-19-17(20-12-16-22-15-23-24(16)2)21-13-18(6-4-3-5-7-18)14-25-8-10-26-11-9-25/h15H,3-14H2,1-2H3,(H2,19,20,21). The van der Waals surface area contributed by atoms with E-state index in [4.69, 9.17) is 4.74 Å². The molecule has 1 aromatic rings. The van der Waals surface area contributed by atoms with E-state index in [9.17, 15) is 0 Å². The number of hydrogen-bond donors (Lipinski definition) is 2. The molecule has 8 heteroatoms. The van der Waals surface area contributed by atoms with Crippen molar-refractivity contribution in [3.8, 4) is 0 Å². The molecule has 3 rings (SSSR count). The molecule has 1 aromatic heterocycles. The molecule has 0 amide bonds. The highest BCUT2D eigenvalue weighted by molar-refractivity contribution is 5.79. The quantitative estimate of drug-likeness (QED) is 0.574. The summed E-state index contributed by atoms with van der Waals surface area (Å²) >= 11 is 0. The number of aliphatic imine (C=N–C) groups is 1. The van der Waals surface area contributed by atoms with E-state index in [1.165, 1.54) is 32.1 Å². The SMILES string of the molecule is CN=C(NCc1ncnn1C)NCC1(CN2CCOCC2)CCCCC1. The van der Waals surface area contributed by atoms with Crippen molar-refractivity contribution in [3.05, 3.63) is 12.2 Å². The number of rotatable bonds is 6. The van der Waals surface area contributed by atoms with Crippen LogP contribution in [-0.4, -0.2) is 72.1 Å². The van der Waals surface area contributed by atoms with Crippen LogP contribution in [0.2, 0.25) is 0 Å². The topological polar surface area (TPSA) is 79.6 Å². The minimum atomic E-state index is 0.331. The fourth-order valence-electron chi connectivity index (χ4n) is 4.06. The van der Waals surface area contributed by atoms with Gasteiger partial charge in [-0.2, -0.15) is 5.10 Å². The summed E-state index contributed by atoms with van der Waals surface area (Å²) in [6.07, 6.45) is 8.18. The van der Waals surface area contributed by atoms with Crippen LogP contribution in [0.1, 0.15) is 37.9 Å². The van der Waals surface area contributed by atoms with Gasteiger partial charge < -0.3 is 15.4 Å². The Labute approximate surface area is 156 Å². The number of nitrogens with one attached hydrogen (secondary N) is 2. The molecule has 1 aliphatic heterocycles. The lowest BCUT2D eigenvalue weighted by Gasteiger charge is -2.42. The average Bonchev–Trinajstić information content (AvgIpc) is 3.08. The minimum absolute atomic E-state index is 0.331. The van der Waals surface area contributed by atoms with E-state index in [-0.39, 0.29) is 0 Å². The molecule has 0 aromatic carbocycles. The number of ether oxygens (including phenoxy) is 1. The van der Waals surface area contributed by atoms with Gasteiger partial charge in [0, 0.05) is 45.7 Å². The van der Waals surface area contributed by atoms with Gasteiger partial charge in [-0.25, -0.2) is 4.98 Å². The van der Waals surface area contributed by atoms with Crippen LogP contribution in [0.15, 0.2) is 11.3 Å². The largest absolute Gasteiger partial charge is 0.379 e. The number of aryl methyl sites for hydroxylation is 1. The summed E-state index contributed by atoms with van der Waals surface area (Å²) in [5.41, 5.74) is 0.331. The monoisotopic (exact) mass is 363 g/mol. The Morgan fingerprint density at radius 2 is 2.00 bits per heavy atom. The highest BCUT2D eigenvalue weighted by Gasteiger charge is 2.34. The smallest absolute Gasteiger partial charge is 0.191 e. The summed E-state index contributed by atoms with van der Waals surface area (Å²) in [4.78, 5) is 11.2. The molecule has 0 bridgehead atoms. The van der Waals surface area contributed by atoms with Gasteiger partial charge in [-0.05, 0) is 12.8 Å². The molecule has 0 atom stereocenters. The zero-order valence-corrected chi connectivity index (χ0v) is 16.2. The van der Waals surface area contributed by atoms with Crippen molar-refractivity contribution in [1.29, 1.82) is 0 Å². The first kappa shape index (κ1) is 19.1. The van der Waals surface area contributed by atoms with Crippen molar-refractivity contribution >= 4 is 5.96 Å². The average molecular weight is 364 g/mol. The third-order valence-corrected chi connectivity index (χ3v) is 5.65.